The summed E-state index contributed by atoms with van der Waals surface area (Å²) in [6, 6.07) is 0. The molecule has 0 amide bonds. The predicted octanol–water partition coefficient (Wildman–Crippen LogP) is 1.97. The topological polar surface area (TPSA) is 12.5 Å². The summed E-state index contributed by atoms with van der Waals surface area (Å²) in [5.74, 6) is 0.814. The zero-order valence-corrected chi connectivity index (χ0v) is 9.39. The summed E-state index contributed by atoms with van der Waals surface area (Å²) in [6.45, 7) is 6.07. The molecule has 3 heteroatoms. The Morgan fingerprint density at radius 2 is 2.08 bits per heavy atom. The van der Waals surface area contributed by atoms with Gasteiger partial charge in [0.1, 0.15) is 0 Å². The van der Waals surface area contributed by atoms with Crippen LogP contribution in [0.2, 0.25) is 0 Å². The highest BCUT2D eigenvalue weighted by Gasteiger charge is 2.16. The van der Waals surface area contributed by atoms with Crippen LogP contribution in [0.3, 0.4) is 0 Å². The highest BCUT2D eigenvalue weighted by molar-refractivity contribution is 6.20. The number of alkyl halides is 1. The number of hydrogen-bond donors (Lipinski definition) is 0. The molecular weight excluding hydrogens is 186 g/mol. The van der Waals surface area contributed by atoms with Gasteiger partial charge in [-0.3, -0.25) is 0 Å². The minimum absolute atomic E-state index is 0.254. The lowest BCUT2D eigenvalue weighted by molar-refractivity contribution is 0.0559. The average Bonchev–Trinajstić information content (AvgIpc) is 2.04. The predicted molar refractivity (Wildman–Crippen MR) is 56.4 cm³/mol. The Kier molecular flexibility index (Phi) is 5.07. The molecule has 1 unspecified atom stereocenters. The van der Waals surface area contributed by atoms with Crippen molar-refractivity contribution in [1.82, 2.24) is 4.90 Å². The molecule has 0 saturated carbocycles. The minimum Gasteiger partial charge on any atom is -0.381 e. The Morgan fingerprint density at radius 1 is 1.46 bits per heavy atom. The van der Waals surface area contributed by atoms with Gasteiger partial charge < -0.3 is 9.64 Å². The van der Waals surface area contributed by atoms with Gasteiger partial charge in [0.2, 0.25) is 0 Å². The average molecular weight is 206 g/mol. The van der Waals surface area contributed by atoms with Gasteiger partial charge in [0.15, 0.2) is 0 Å². The van der Waals surface area contributed by atoms with E-state index in [1.165, 1.54) is 19.4 Å². The van der Waals surface area contributed by atoms with Gasteiger partial charge in [-0.05, 0) is 32.7 Å². The number of ether oxygens (including phenoxy) is 1. The second-order valence-corrected chi connectivity index (χ2v) is 4.80. The van der Waals surface area contributed by atoms with Crippen LogP contribution in [0.1, 0.15) is 19.8 Å². The van der Waals surface area contributed by atoms with E-state index in [1.807, 2.05) is 6.92 Å². The maximum absolute atomic E-state index is 5.92. The molecule has 13 heavy (non-hydrogen) atoms. The van der Waals surface area contributed by atoms with Gasteiger partial charge in [-0.25, -0.2) is 0 Å². The van der Waals surface area contributed by atoms with Gasteiger partial charge in [0, 0.05) is 31.7 Å². The Labute approximate surface area is 86.2 Å². The van der Waals surface area contributed by atoms with Crippen LogP contribution in [0.4, 0.5) is 0 Å². The first kappa shape index (κ1) is 11.3. The smallest absolute Gasteiger partial charge is 0.0469 e. The molecule has 78 valence electrons. The third kappa shape index (κ3) is 4.84. The van der Waals surface area contributed by atoms with E-state index in [9.17, 15) is 0 Å². The van der Waals surface area contributed by atoms with E-state index in [1.54, 1.807) is 0 Å². The summed E-state index contributed by atoms with van der Waals surface area (Å²) in [5.41, 5.74) is 0. The van der Waals surface area contributed by atoms with Gasteiger partial charge in [0.25, 0.3) is 0 Å². The zero-order chi connectivity index (χ0) is 9.68. The van der Waals surface area contributed by atoms with Crippen molar-refractivity contribution in [3.05, 3.63) is 0 Å². The number of hydrogen-bond acceptors (Lipinski definition) is 2. The van der Waals surface area contributed by atoms with Crippen LogP contribution in [0.25, 0.3) is 0 Å². The van der Waals surface area contributed by atoms with Crippen molar-refractivity contribution >= 4 is 11.6 Å². The van der Waals surface area contributed by atoms with Gasteiger partial charge in [-0.1, -0.05) is 0 Å². The largest absolute Gasteiger partial charge is 0.381 e. The monoisotopic (exact) mass is 205 g/mol. The minimum atomic E-state index is 0.254. The fraction of sp³-hybridized carbons (Fsp3) is 1.00. The second-order valence-electron chi connectivity index (χ2n) is 4.06. The molecule has 0 aromatic rings. The first-order valence-electron chi connectivity index (χ1n) is 5.09. The molecule has 0 bridgehead atoms. The molecular formula is C10H20ClNO. The molecule has 1 heterocycles. The first-order valence-corrected chi connectivity index (χ1v) is 5.52. The Hall–Kier alpha value is 0.210. The first-order chi connectivity index (χ1) is 6.18. The van der Waals surface area contributed by atoms with Gasteiger partial charge in [-0.2, -0.15) is 0 Å². The van der Waals surface area contributed by atoms with Crippen molar-refractivity contribution in [2.75, 3.05) is 33.4 Å². The maximum atomic E-state index is 5.92. The number of nitrogens with zero attached hydrogens (tertiary/aromatic N) is 1. The Balaban J connectivity index is 2.14. The molecule has 1 aliphatic rings. The van der Waals surface area contributed by atoms with Crippen molar-refractivity contribution in [2.24, 2.45) is 5.92 Å². The lowest BCUT2D eigenvalue weighted by Gasteiger charge is -2.27. The molecule has 0 radical (unpaired) electrons. The van der Waals surface area contributed by atoms with Crippen LogP contribution >= 0.6 is 11.6 Å². The summed E-state index contributed by atoms with van der Waals surface area (Å²) in [5, 5.41) is 0.254. The van der Waals surface area contributed by atoms with E-state index < -0.39 is 0 Å². The summed E-state index contributed by atoms with van der Waals surface area (Å²) in [7, 11) is 2.15. The molecule has 1 fully saturated rings. The molecule has 1 aliphatic heterocycles. The van der Waals surface area contributed by atoms with E-state index in [0.717, 1.165) is 25.7 Å². The lowest BCUT2D eigenvalue weighted by atomic mass is 10.00. The van der Waals surface area contributed by atoms with Crippen LogP contribution < -0.4 is 0 Å². The van der Waals surface area contributed by atoms with Crippen LogP contribution in [0.5, 0.6) is 0 Å². The van der Waals surface area contributed by atoms with E-state index in [0.29, 0.717) is 0 Å². The van der Waals surface area contributed by atoms with Crippen LogP contribution in [0, 0.1) is 5.92 Å². The van der Waals surface area contributed by atoms with E-state index in [2.05, 4.69) is 11.9 Å². The van der Waals surface area contributed by atoms with E-state index in [-0.39, 0.29) is 5.38 Å². The maximum Gasteiger partial charge on any atom is 0.0469 e. The summed E-state index contributed by atoms with van der Waals surface area (Å²) in [4.78, 5) is 2.33. The van der Waals surface area contributed by atoms with E-state index in [4.69, 9.17) is 16.3 Å². The molecule has 0 spiro atoms. The molecule has 1 atom stereocenters. The highest BCUT2D eigenvalue weighted by Crippen LogP contribution is 2.15. The van der Waals surface area contributed by atoms with Crippen molar-refractivity contribution in [2.45, 2.75) is 25.1 Å². The molecule has 0 aromatic heterocycles. The number of rotatable bonds is 4. The quantitative estimate of drug-likeness (QED) is 0.651. The Morgan fingerprint density at radius 3 is 2.62 bits per heavy atom. The van der Waals surface area contributed by atoms with Crippen molar-refractivity contribution in [3.8, 4) is 0 Å². The van der Waals surface area contributed by atoms with E-state index >= 15 is 0 Å². The van der Waals surface area contributed by atoms with Crippen molar-refractivity contribution in [3.63, 3.8) is 0 Å². The Bertz CT molecular complexity index is 135. The van der Waals surface area contributed by atoms with Gasteiger partial charge in [0.05, 0.1) is 0 Å². The second kappa shape index (κ2) is 5.84. The SMILES string of the molecule is CC(Cl)CN(C)CC1CCOCC1. The van der Waals surface area contributed by atoms with Gasteiger partial charge >= 0.3 is 0 Å². The summed E-state index contributed by atoms with van der Waals surface area (Å²) in [6.07, 6.45) is 2.42. The number of halogens is 1. The van der Waals surface area contributed by atoms with Crippen LogP contribution in [-0.4, -0.2) is 43.6 Å². The van der Waals surface area contributed by atoms with Crippen LogP contribution in [0.15, 0.2) is 0 Å². The zero-order valence-electron chi connectivity index (χ0n) is 8.63. The third-order valence-corrected chi connectivity index (χ3v) is 2.61. The molecule has 1 rings (SSSR count). The van der Waals surface area contributed by atoms with Gasteiger partial charge in [-0.15, -0.1) is 11.6 Å². The summed E-state index contributed by atoms with van der Waals surface area (Å²) < 4.78 is 5.32. The molecule has 0 aromatic carbocycles. The van der Waals surface area contributed by atoms with Crippen molar-refractivity contribution in [1.29, 1.82) is 0 Å². The summed E-state index contributed by atoms with van der Waals surface area (Å²) >= 11 is 5.92. The fourth-order valence-corrected chi connectivity index (χ4v) is 2.11. The lowest BCUT2D eigenvalue weighted by Crippen LogP contribution is -2.32. The molecule has 2 nitrogen and oxygen atoms in total. The molecule has 1 saturated heterocycles. The highest BCUT2D eigenvalue weighted by atomic mass is 35.5. The molecule has 0 N–H and O–H groups in total. The standard InChI is InChI=1S/C10H20ClNO/c1-9(11)7-12(2)8-10-3-5-13-6-4-10/h9-10H,3-8H2,1-2H3. The van der Waals surface area contributed by atoms with Crippen molar-refractivity contribution < 1.29 is 4.74 Å². The third-order valence-electron chi connectivity index (χ3n) is 2.47. The fourth-order valence-electron chi connectivity index (χ4n) is 1.87. The van der Waals surface area contributed by atoms with Crippen LogP contribution in [-0.2, 0) is 4.74 Å². The normalized spacial score (nSPS) is 22.2. The molecule has 0 aliphatic carbocycles.